The molecule has 1 aromatic heterocycles. The summed E-state index contributed by atoms with van der Waals surface area (Å²) in [6.07, 6.45) is 0. The van der Waals surface area contributed by atoms with Gasteiger partial charge in [0.15, 0.2) is 11.5 Å². The number of rotatable bonds is 8. The molecule has 0 fully saturated rings. The zero-order chi connectivity index (χ0) is 20.1. The Labute approximate surface area is 176 Å². The SMILES string of the molecule is CCOc1cc(CNn2nnnc2N)cc(Cl)c1OCc1ccc(Cl)cc1Cl. The molecule has 0 aliphatic carbocycles. The van der Waals surface area contributed by atoms with Crippen LogP contribution >= 0.6 is 34.8 Å². The van der Waals surface area contributed by atoms with Crippen LogP contribution in [0.5, 0.6) is 11.5 Å². The topological polar surface area (TPSA) is 100 Å². The standard InChI is InChI=1S/C17H17Cl3N6O2/c1-2-27-15-6-10(8-22-26-17(21)23-24-25-26)5-14(20)16(15)28-9-11-3-4-12(18)7-13(11)19/h3-7,22H,2,8-9H2,1H3,(H2,21,23,25). The van der Waals surface area contributed by atoms with E-state index in [0.29, 0.717) is 39.7 Å². The van der Waals surface area contributed by atoms with E-state index in [-0.39, 0.29) is 12.6 Å². The highest BCUT2D eigenvalue weighted by Crippen LogP contribution is 2.37. The fraction of sp³-hybridized carbons (Fsp3) is 0.235. The summed E-state index contributed by atoms with van der Waals surface area (Å²) in [5, 5.41) is 12.3. The first-order chi connectivity index (χ1) is 13.5. The zero-order valence-electron chi connectivity index (χ0n) is 14.8. The van der Waals surface area contributed by atoms with Gasteiger partial charge in [-0.15, -0.1) is 4.79 Å². The molecule has 28 heavy (non-hydrogen) atoms. The van der Waals surface area contributed by atoms with Gasteiger partial charge in [0, 0.05) is 15.6 Å². The third-order valence-corrected chi connectivity index (χ3v) is 4.55. The monoisotopic (exact) mass is 442 g/mol. The number of nitrogens with zero attached hydrogens (tertiary/aromatic N) is 4. The summed E-state index contributed by atoms with van der Waals surface area (Å²) in [6, 6.07) is 8.79. The summed E-state index contributed by atoms with van der Waals surface area (Å²) in [4.78, 5) is 1.27. The molecule has 1 heterocycles. The minimum atomic E-state index is 0.149. The zero-order valence-corrected chi connectivity index (χ0v) is 17.1. The van der Waals surface area contributed by atoms with E-state index in [2.05, 4.69) is 21.0 Å². The maximum absolute atomic E-state index is 6.43. The third kappa shape index (κ3) is 4.89. The Morgan fingerprint density at radius 2 is 1.93 bits per heavy atom. The number of aromatic nitrogens is 4. The van der Waals surface area contributed by atoms with Crippen LogP contribution in [0.1, 0.15) is 18.1 Å². The predicted molar refractivity (Wildman–Crippen MR) is 109 cm³/mol. The van der Waals surface area contributed by atoms with Crippen LogP contribution < -0.4 is 20.6 Å². The number of ether oxygens (including phenoxy) is 2. The average Bonchev–Trinajstić information content (AvgIpc) is 3.06. The highest BCUT2D eigenvalue weighted by atomic mass is 35.5. The van der Waals surface area contributed by atoms with Crippen molar-refractivity contribution in [3.8, 4) is 11.5 Å². The van der Waals surface area contributed by atoms with Crippen molar-refractivity contribution in [2.45, 2.75) is 20.1 Å². The van der Waals surface area contributed by atoms with Gasteiger partial charge in [0.1, 0.15) is 6.61 Å². The fourth-order valence-corrected chi connectivity index (χ4v) is 3.14. The van der Waals surface area contributed by atoms with Crippen molar-refractivity contribution >= 4 is 40.8 Å². The van der Waals surface area contributed by atoms with Crippen LogP contribution in [0.15, 0.2) is 30.3 Å². The van der Waals surface area contributed by atoms with E-state index in [1.807, 2.05) is 13.0 Å². The van der Waals surface area contributed by atoms with E-state index < -0.39 is 0 Å². The minimum absolute atomic E-state index is 0.149. The van der Waals surface area contributed by atoms with E-state index >= 15 is 0 Å². The lowest BCUT2D eigenvalue weighted by Gasteiger charge is -2.16. The summed E-state index contributed by atoms with van der Waals surface area (Å²) in [7, 11) is 0. The van der Waals surface area contributed by atoms with Gasteiger partial charge >= 0.3 is 0 Å². The first-order valence-electron chi connectivity index (χ1n) is 8.27. The van der Waals surface area contributed by atoms with Crippen LogP contribution in [0.2, 0.25) is 15.1 Å². The summed E-state index contributed by atoms with van der Waals surface area (Å²) in [5.41, 5.74) is 10.2. The van der Waals surface area contributed by atoms with Crippen molar-refractivity contribution in [3.05, 3.63) is 56.5 Å². The molecule has 0 saturated carbocycles. The highest BCUT2D eigenvalue weighted by Gasteiger charge is 2.14. The average molecular weight is 444 g/mol. The molecule has 3 rings (SSSR count). The number of benzene rings is 2. The Morgan fingerprint density at radius 3 is 2.61 bits per heavy atom. The lowest BCUT2D eigenvalue weighted by Crippen LogP contribution is -2.18. The summed E-state index contributed by atoms with van der Waals surface area (Å²) >= 11 is 18.6. The van der Waals surface area contributed by atoms with E-state index in [1.54, 1.807) is 24.3 Å². The fourth-order valence-electron chi connectivity index (χ4n) is 2.39. The maximum atomic E-state index is 6.43. The van der Waals surface area contributed by atoms with Gasteiger partial charge in [-0.05, 0) is 47.2 Å². The van der Waals surface area contributed by atoms with Gasteiger partial charge in [0.25, 0.3) is 5.95 Å². The Morgan fingerprint density at radius 1 is 1.11 bits per heavy atom. The second-order valence-corrected chi connectivity index (χ2v) is 6.90. The number of halogens is 3. The molecule has 0 saturated heterocycles. The Hall–Kier alpha value is -2.42. The molecular weight excluding hydrogens is 427 g/mol. The van der Waals surface area contributed by atoms with Gasteiger partial charge in [-0.3, -0.25) is 0 Å². The number of hydrogen-bond acceptors (Lipinski definition) is 7. The van der Waals surface area contributed by atoms with E-state index in [9.17, 15) is 0 Å². The molecule has 0 aliphatic rings. The normalized spacial score (nSPS) is 10.7. The molecule has 3 N–H and O–H groups in total. The molecule has 8 nitrogen and oxygen atoms in total. The largest absolute Gasteiger partial charge is 0.490 e. The molecule has 0 amide bonds. The van der Waals surface area contributed by atoms with Crippen molar-refractivity contribution in [2.24, 2.45) is 0 Å². The molecule has 2 aromatic carbocycles. The highest BCUT2D eigenvalue weighted by molar-refractivity contribution is 6.35. The van der Waals surface area contributed by atoms with Crippen LogP contribution in [0.4, 0.5) is 5.95 Å². The van der Waals surface area contributed by atoms with Gasteiger partial charge in [-0.2, -0.15) is 0 Å². The predicted octanol–water partition coefficient (Wildman–Crippen LogP) is 3.94. The lowest BCUT2D eigenvalue weighted by atomic mass is 10.2. The number of nitrogens with one attached hydrogen (secondary N) is 1. The number of nitrogen functional groups attached to an aromatic ring is 1. The smallest absolute Gasteiger partial charge is 0.260 e. The van der Waals surface area contributed by atoms with Crippen LogP contribution in [0, 0.1) is 0 Å². The van der Waals surface area contributed by atoms with Crippen LogP contribution in [0.25, 0.3) is 0 Å². The lowest BCUT2D eigenvalue weighted by molar-refractivity contribution is 0.269. The van der Waals surface area contributed by atoms with Crippen LogP contribution in [0.3, 0.4) is 0 Å². The van der Waals surface area contributed by atoms with E-state index in [0.717, 1.165) is 11.1 Å². The van der Waals surface area contributed by atoms with Gasteiger partial charge in [0.2, 0.25) is 0 Å². The van der Waals surface area contributed by atoms with Crippen LogP contribution in [-0.2, 0) is 13.2 Å². The molecule has 148 valence electrons. The molecule has 0 atom stereocenters. The van der Waals surface area contributed by atoms with E-state index in [4.69, 9.17) is 50.0 Å². The molecule has 0 radical (unpaired) electrons. The quantitative estimate of drug-likeness (QED) is 0.544. The molecule has 3 aromatic rings. The molecule has 0 spiro atoms. The Kier molecular flexibility index (Phi) is 6.66. The second-order valence-electron chi connectivity index (χ2n) is 5.65. The van der Waals surface area contributed by atoms with Gasteiger partial charge < -0.3 is 20.6 Å². The molecule has 0 unspecified atom stereocenters. The van der Waals surface area contributed by atoms with E-state index in [1.165, 1.54) is 4.79 Å². The first kappa shape index (κ1) is 20.3. The van der Waals surface area contributed by atoms with Crippen molar-refractivity contribution in [3.63, 3.8) is 0 Å². The third-order valence-electron chi connectivity index (χ3n) is 3.68. The van der Waals surface area contributed by atoms with Gasteiger partial charge in [0.05, 0.1) is 18.2 Å². The van der Waals surface area contributed by atoms with Crippen molar-refractivity contribution < 1.29 is 9.47 Å². The van der Waals surface area contributed by atoms with Crippen molar-refractivity contribution in [1.82, 2.24) is 20.3 Å². The Balaban J connectivity index is 1.77. The van der Waals surface area contributed by atoms with Gasteiger partial charge in [-0.1, -0.05) is 46.0 Å². The molecule has 0 bridgehead atoms. The Bertz CT molecular complexity index is 966. The summed E-state index contributed by atoms with van der Waals surface area (Å²) in [5.74, 6) is 1.10. The number of tetrazole rings is 1. The second kappa shape index (κ2) is 9.18. The number of nitrogens with two attached hydrogens (primary N) is 1. The minimum Gasteiger partial charge on any atom is -0.490 e. The summed E-state index contributed by atoms with van der Waals surface area (Å²) < 4.78 is 11.6. The number of anilines is 1. The van der Waals surface area contributed by atoms with Crippen LogP contribution in [-0.4, -0.2) is 26.9 Å². The summed E-state index contributed by atoms with van der Waals surface area (Å²) in [6.45, 7) is 2.92. The van der Waals surface area contributed by atoms with Gasteiger partial charge in [-0.25, -0.2) is 0 Å². The van der Waals surface area contributed by atoms with Crippen molar-refractivity contribution in [1.29, 1.82) is 0 Å². The first-order valence-corrected chi connectivity index (χ1v) is 9.41. The number of hydrogen-bond donors (Lipinski definition) is 2. The maximum Gasteiger partial charge on any atom is 0.260 e. The molecule has 0 aliphatic heterocycles. The van der Waals surface area contributed by atoms with Crippen molar-refractivity contribution in [2.75, 3.05) is 17.8 Å². The molecular formula is C17H17Cl3N6O2. The molecule has 11 heteroatoms.